The third-order valence-electron chi connectivity index (χ3n) is 1.58. The van der Waals surface area contributed by atoms with Crippen molar-refractivity contribution in [2.24, 2.45) is 0 Å². The minimum absolute atomic E-state index is 0.583. The highest BCUT2D eigenvalue weighted by Gasteiger charge is 2.03. The summed E-state index contributed by atoms with van der Waals surface area (Å²) in [4.78, 5) is 4.07. The summed E-state index contributed by atoms with van der Waals surface area (Å²) < 4.78 is 2.55. The van der Waals surface area contributed by atoms with Crippen LogP contribution >= 0.6 is 27.5 Å². The number of hydrogen-bond donors (Lipinski definition) is 1. The summed E-state index contributed by atoms with van der Waals surface area (Å²) in [5, 5.41) is 0.618. The molecule has 0 aliphatic heterocycles. The van der Waals surface area contributed by atoms with Gasteiger partial charge < -0.3 is 5.73 Å². The number of pyridine rings is 1. The fourth-order valence-electron chi connectivity index (χ4n) is 0.994. The Hall–Kier alpha value is -0.740. The molecule has 0 aromatic carbocycles. The summed E-state index contributed by atoms with van der Waals surface area (Å²) in [5.74, 6) is 0.583. The van der Waals surface area contributed by atoms with Gasteiger partial charge in [0.25, 0.3) is 0 Å². The Bertz CT molecular complexity index is 437. The fraction of sp³-hybridized carbons (Fsp3) is 0. The van der Waals surface area contributed by atoms with Crippen LogP contribution in [0.25, 0.3) is 5.65 Å². The molecule has 0 radical (unpaired) electrons. The van der Waals surface area contributed by atoms with Gasteiger partial charge in [0.05, 0.1) is 11.2 Å². The number of nitrogens with two attached hydrogens (primary N) is 1. The number of anilines is 1. The van der Waals surface area contributed by atoms with Crippen LogP contribution in [-0.4, -0.2) is 9.38 Å². The number of aromatic nitrogens is 2. The Labute approximate surface area is 82.3 Å². The zero-order chi connectivity index (χ0) is 8.72. The lowest BCUT2D eigenvalue weighted by Crippen LogP contribution is -1.91. The first-order chi connectivity index (χ1) is 5.68. The van der Waals surface area contributed by atoms with Gasteiger partial charge in [-0.2, -0.15) is 0 Å². The number of halogens is 2. The molecule has 0 unspecified atom stereocenters. The Balaban J connectivity index is 2.87. The van der Waals surface area contributed by atoms with Gasteiger partial charge >= 0.3 is 0 Å². The zero-order valence-corrected chi connectivity index (χ0v) is 8.30. The third-order valence-corrected chi connectivity index (χ3v) is 2.77. The van der Waals surface area contributed by atoms with E-state index >= 15 is 0 Å². The molecule has 62 valence electrons. The lowest BCUT2D eigenvalue weighted by atomic mass is 10.5. The smallest absolute Gasteiger partial charge is 0.139 e. The van der Waals surface area contributed by atoms with E-state index in [0.717, 1.165) is 10.1 Å². The second-order valence-corrected chi connectivity index (χ2v) is 3.64. The van der Waals surface area contributed by atoms with E-state index in [1.54, 1.807) is 16.8 Å². The fourth-order valence-corrected chi connectivity index (χ4v) is 1.45. The topological polar surface area (TPSA) is 43.3 Å². The van der Waals surface area contributed by atoms with Crippen molar-refractivity contribution in [2.75, 3.05) is 5.73 Å². The molecule has 5 heteroatoms. The van der Waals surface area contributed by atoms with Gasteiger partial charge in [-0.15, -0.1) is 0 Å². The molecule has 0 saturated carbocycles. The molecule has 2 heterocycles. The predicted molar refractivity (Wildman–Crippen MR) is 52.3 cm³/mol. The number of rotatable bonds is 0. The quantitative estimate of drug-likeness (QED) is 0.775. The Morgan fingerprint density at radius 3 is 3.08 bits per heavy atom. The SMILES string of the molecule is Nc1cnc2cc(Br)c(Cl)cn12. The summed E-state index contributed by atoms with van der Waals surface area (Å²) in [5.41, 5.74) is 6.40. The van der Waals surface area contributed by atoms with Crippen molar-refractivity contribution in [1.82, 2.24) is 9.38 Å². The van der Waals surface area contributed by atoms with Crippen LogP contribution in [0, 0.1) is 0 Å². The number of hydrogen-bond acceptors (Lipinski definition) is 2. The van der Waals surface area contributed by atoms with E-state index in [1.807, 2.05) is 6.07 Å². The van der Waals surface area contributed by atoms with Gasteiger partial charge in [0.15, 0.2) is 0 Å². The lowest BCUT2D eigenvalue weighted by Gasteiger charge is -1.98. The summed E-state index contributed by atoms with van der Waals surface area (Å²) in [7, 11) is 0. The number of nitrogens with zero attached hydrogens (tertiary/aromatic N) is 2. The molecule has 0 aliphatic rings. The molecule has 2 aromatic heterocycles. The van der Waals surface area contributed by atoms with Gasteiger partial charge in [-0.3, -0.25) is 4.40 Å². The monoisotopic (exact) mass is 245 g/mol. The summed E-state index contributed by atoms with van der Waals surface area (Å²) >= 11 is 9.16. The average Bonchev–Trinajstić information content (AvgIpc) is 2.35. The second-order valence-electron chi connectivity index (χ2n) is 2.38. The highest BCUT2D eigenvalue weighted by Crippen LogP contribution is 2.24. The molecule has 0 bridgehead atoms. The van der Waals surface area contributed by atoms with Crippen LogP contribution in [0.4, 0.5) is 5.82 Å². The van der Waals surface area contributed by atoms with Crippen LogP contribution in [-0.2, 0) is 0 Å². The Kier molecular flexibility index (Phi) is 1.73. The maximum atomic E-state index is 5.87. The van der Waals surface area contributed by atoms with E-state index in [-0.39, 0.29) is 0 Å². The first kappa shape index (κ1) is 7.89. The van der Waals surface area contributed by atoms with E-state index in [4.69, 9.17) is 17.3 Å². The van der Waals surface area contributed by atoms with Crippen molar-refractivity contribution < 1.29 is 0 Å². The maximum Gasteiger partial charge on any atom is 0.139 e. The van der Waals surface area contributed by atoms with E-state index in [1.165, 1.54) is 0 Å². The van der Waals surface area contributed by atoms with Crippen molar-refractivity contribution in [3.63, 3.8) is 0 Å². The molecule has 0 atom stereocenters. The second kappa shape index (κ2) is 2.64. The standard InChI is InChI=1S/C7H5BrClN3/c8-4-1-7-11-2-6(10)12(7)3-5(4)9/h1-3H,10H2. The molecule has 3 nitrogen and oxygen atoms in total. The van der Waals surface area contributed by atoms with Crippen molar-refractivity contribution >= 4 is 39.0 Å². The Morgan fingerprint density at radius 1 is 1.58 bits per heavy atom. The summed E-state index contributed by atoms with van der Waals surface area (Å²) in [6.07, 6.45) is 3.32. The normalized spacial score (nSPS) is 10.8. The molecule has 0 saturated heterocycles. The largest absolute Gasteiger partial charge is 0.383 e. The minimum atomic E-state index is 0.583. The lowest BCUT2D eigenvalue weighted by molar-refractivity contribution is 1.19. The van der Waals surface area contributed by atoms with Crippen LogP contribution in [0.5, 0.6) is 0 Å². The molecule has 12 heavy (non-hydrogen) atoms. The number of nitrogen functional groups attached to an aromatic ring is 1. The van der Waals surface area contributed by atoms with Crippen molar-refractivity contribution in [3.8, 4) is 0 Å². The van der Waals surface area contributed by atoms with E-state index in [9.17, 15) is 0 Å². The molecule has 2 N–H and O–H groups in total. The van der Waals surface area contributed by atoms with Crippen LogP contribution < -0.4 is 5.73 Å². The molecule has 0 amide bonds. The summed E-state index contributed by atoms with van der Waals surface area (Å²) in [6.45, 7) is 0. The van der Waals surface area contributed by atoms with Crippen molar-refractivity contribution in [2.45, 2.75) is 0 Å². The van der Waals surface area contributed by atoms with Gasteiger partial charge in [-0.25, -0.2) is 4.98 Å². The van der Waals surface area contributed by atoms with Gasteiger partial charge in [0, 0.05) is 10.7 Å². The van der Waals surface area contributed by atoms with Crippen LogP contribution in [0.15, 0.2) is 22.9 Å². The first-order valence-corrected chi connectivity index (χ1v) is 4.43. The molecular weight excluding hydrogens is 241 g/mol. The van der Waals surface area contributed by atoms with Crippen LogP contribution in [0.1, 0.15) is 0 Å². The molecule has 0 aliphatic carbocycles. The van der Waals surface area contributed by atoms with Gasteiger partial charge in [-0.05, 0) is 22.0 Å². The van der Waals surface area contributed by atoms with E-state index in [0.29, 0.717) is 10.8 Å². The van der Waals surface area contributed by atoms with Crippen molar-refractivity contribution in [1.29, 1.82) is 0 Å². The predicted octanol–water partition coefficient (Wildman–Crippen LogP) is 2.33. The third kappa shape index (κ3) is 1.07. The van der Waals surface area contributed by atoms with Crippen LogP contribution in [0.3, 0.4) is 0 Å². The highest BCUT2D eigenvalue weighted by molar-refractivity contribution is 9.10. The van der Waals surface area contributed by atoms with E-state index < -0.39 is 0 Å². The molecular formula is C7H5BrClN3. The van der Waals surface area contributed by atoms with E-state index in [2.05, 4.69) is 20.9 Å². The van der Waals surface area contributed by atoms with Crippen LogP contribution in [0.2, 0.25) is 5.02 Å². The zero-order valence-electron chi connectivity index (χ0n) is 5.96. The van der Waals surface area contributed by atoms with Crippen molar-refractivity contribution in [3.05, 3.63) is 28.0 Å². The molecule has 0 fully saturated rings. The number of imidazole rings is 1. The molecule has 2 aromatic rings. The summed E-state index contributed by atoms with van der Waals surface area (Å²) in [6, 6.07) is 1.82. The molecule has 2 rings (SSSR count). The van der Waals surface area contributed by atoms with Gasteiger partial charge in [0.1, 0.15) is 11.5 Å². The first-order valence-electron chi connectivity index (χ1n) is 3.26. The van der Waals surface area contributed by atoms with Gasteiger partial charge in [-0.1, -0.05) is 11.6 Å². The van der Waals surface area contributed by atoms with Gasteiger partial charge in [0.2, 0.25) is 0 Å². The highest BCUT2D eigenvalue weighted by atomic mass is 79.9. The number of fused-ring (bicyclic) bond motifs is 1. The Morgan fingerprint density at radius 2 is 2.33 bits per heavy atom. The maximum absolute atomic E-state index is 5.87. The minimum Gasteiger partial charge on any atom is -0.383 e. The molecule has 0 spiro atoms. The average molecular weight is 246 g/mol.